The summed E-state index contributed by atoms with van der Waals surface area (Å²) in [6, 6.07) is 4.05. The molecule has 126 valence electrons. The molecule has 0 saturated heterocycles. The predicted octanol–water partition coefficient (Wildman–Crippen LogP) is -0.521. The molecule has 0 radical (unpaired) electrons. The Kier molecular flexibility index (Phi) is 6.05. The van der Waals surface area contributed by atoms with Crippen molar-refractivity contribution in [1.29, 1.82) is 0 Å². The van der Waals surface area contributed by atoms with Crippen LogP contribution in [0.2, 0.25) is 0 Å². The van der Waals surface area contributed by atoms with Crippen molar-refractivity contribution >= 4 is 17.9 Å². The minimum Gasteiger partial charge on any atom is -0.504 e. The SMILES string of the molecule is NCCc1ccc(OC(=O)C(O)(CC(=O)O)CC(=O)O)c(O)c1. The Labute approximate surface area is 130 Å². The summed E-state index contributed by atoms with van der Waals surface area (Å²) in [6.07, 6.45) is -1.82. The normalized spacial score (nSPS) is 11.0. The molecular weight excluding hydrogens is 310 g/mol. The van der Waals surface area contributed by atoms with Gasteiger partial charge in [-0.15, -0.1) is 0 Å². The molecule has 0 aromatic heterocycles. The second-order valence-electron chi connectivity index (χ2n) is 4.90. The Morgan fingerprint density at radius 3 is 2.13 bits per heavy atom. The maximum Gasteiger partial charge on any atom is 0.344 e. The van der Waals surface area contributed by atoms with Gasteiger partial charge in [-0.1, -0.05) is 6.07 Å². The first-order chi connectivity index (χ1) is 10.7. The molecule has 0 fully saturated rings. The molecule has 0 heterocycles. The number of nitrogens with two attached hydrogens (primary N) is 1. The topological polar surface area (TPSA) is 167 Å². The molecule has 0 saturated carbocycles. The number of esters is 1. The molecule has 1 aromatic carbocycles. The first kappa shape index (κ1) is 18.4. The lowest BCUT2D eigenvalue weighted by atomic mass is 9.96. The van der Waals surface area contributed by atoms with Crippen LogP contribution in [-0.2, 0) is 20.8 Å². The molecule has 23 heavy (non-hydrogen) atoms. The van der Waals surface area contributed by atoms with E-state index in [-0.39, 0.29) is 5.75 Å². The van der Waals surface area contributed by atoms with Gasteiger partial charge in [0.1, 0.15) is 0 Å². The van der Waals surface area contributed by atoms with Crippen molar-refractivity contribution in [3.8, 4) is 11.5 Å². The van der Waals surface area contributed by atoms with Gasteiger partial charge in [-0.3, -0.25) is 9.59 Å². The highest BCUT2D eigenvalue weighted by Crippen LogP contribution is 2.29. The molecule has 0 bridgehead atoms. The number of carbonyl (C=O) groups excluding carboxylic acids is 1. The van der Waals surface area contributed by atoms with E-state index in [4.69, 9.17) is 20.7 Å². The highest BCUT2D eigenvalue weighted by molar-refractivity contribution is 5.90. The van der Waals surface area contributed by atoms with Crippen molar-refractivity contribution in [2.24, 2.45) is 5.73 Å². The van der Waals surface area contributed by atoms with Gasteiger partial charge in [0.2, 0.25) is 0 Å². The predicted molar refractivity (Wildman–Crippen MR) is 76.0 cm³/mol. The van der Waals surface area contributed by atoms with Crippen LogP contribution in [0.1, 0.15) is 18.4 Å². The lowest BCUT2D eigenvalue weighted by Gasteiger charge is -2.22. The van der Waals surface area contributed by atoms with Crippen LogP contribution in [0, 0.1) is 0 Å². The molecule has 1 aromatic rings. The molecule has 9 heteroatoms. The number of benzene rings is 1. The van der Waals surface area contributed by atoms with Gasteiger partial charge in [-0.2, -0.15) is 0 Å². The Bertz CT molecular complexity index is 597. The van der Waals surface area contributed by atoms with E-state index < -0.39 is 42.1 Å². The van der Waals surface area contributed by atoms with Crippen LogP contribution >= 0.6 is 0 Å². The number of ether oxygens (including phenoxy) is 1. The quantitative estimate of drug-likeness (QED) is 0.311. The van der Waals surface area contributed by atoms with Gasteiger partial charge in [0.25, 0.3) is 0 Å². The summed E-state index contributed by atoms with van der Waals surface area (Å²) in [7, 11) is 0. The van der Waals surface area contributed by atoms with E-state index in [0.717, 1.165) is 0 Å². The van der Waals surface area contributed by atoms with Crippen molar-refractivity contribution in [1.82, 2.24) is 0 Å². The van der Waals surface area contributed by atoms with Crippen molar-refractivity contribution in [2.45, 2.75) is 24.9 Å². The van der Waals surface area contributed by atoms with Gasteiger partial charge >= 0.3 is 17.9 Å². The molecule has 0 atom stereocenters. The highest BCUT2D eigenvalue weighted by atomic mass is 16.6. The summed E-state index contributed by atoms with van der Waals surface area (Å²) in [4.78, 5) is 33.4. The number of rotatable bonds is 8. The van der Waals surface area contributed by atoms with E-state index in [2.05, 4.69) is 0 Å². The van der Waals surface area contributed by atoms with E-state index in [0.29, 0.717) is 18.5 Å². The number of carboxylic acid groups (broad SMARTS) is 2. The highest BCUT2D eigenvalue weighted by Gasteiger charge is 2.43. The summed E-state index contributed by atoms with van der Waals surface area (Å²) >= 11 is 0. The number of hydrogen-bond donors (Lipinski definition) is 5. The molecule has 6 N–H and O–H groups in total. The second-order valence-corrected chi connectivity index (χ2v) is 4.90. The maximum absolute atomic E-state index is 11.9. The van der Waals surface area contributed by atoms with Crippen molar-refractivity contribution in [3.05, 3.63) is 23.8 Å². The number of phenolic OH excluding ortho intramolecular Hbond substituents is 1. The van der Waals surface area contributed by atoms with Crippen molar-refractivity contribution < 1.29 is 39.5 Å². The van der Waals surface area contributed by atoms with E-state index in [9.17, 15) is 24.6 Å². The zero-order chi connectivity index (χ0) is 17.6. The number of aromatic hydroxyl groups is 1. The van der Waals surface area contributed by atoms with Crippen LogP contribution in [0.25, 0.3) is 0 Å². The summed E-state index contributed by atoms with van der Waals surface area (Å²) < 4.78 is 4.75. The minimum absolute atomic E-state index is 0.329. The zero-order valence-corrected chi connectivity index (χ0v) is 12.1. The minimum atomic E-state index is -2.75. The van der Waals surface area contributed by atoms with Crippen molar-refractivity contribution in [3.63, 3.8) is 0 Å². The van der Waals surface area contributed by atoms with Crippen LogP contribution in [0.3, 0.4) is 0 Å². The number of aliphatic hydroxyl groups is 1. The number of hydrogen-bond acceptors (Lipinski definition) is 7. The fraction of sp³-hybridized carbons (Fsp3) is 0.357. The zero-order valence-electron chi connectivity index (χ0n) is 12.1. The summed E-state index contributed by atoms with van der Waals surface area (Å²) in [6.45, 7) is 0.343. The number of aliphatic carboxylic acids is 2. The van der Waals surface area contributed by atoms with Gasteiger partial charge in [-0.25, -0.2) is 4.79 Å². The lowest BCUT2D eigenvalue weighted by Crippen LogP contribution is -2.45. The smallest absolute Gasteiger partial charge is 0.344 e. The Morgan fingerprint density at radius 1 is 1.13 bits per heavy atom. The molecule has 0 amide bonds. The fourth-order valence-corrected chi connectivity index (χ4v) is 1.87. The third-order valence-electron chi connectivity index (χ3n) is 2.93. The first-order valence-corrected chi connectivity index (χ1v) is 6.58. The monoisotopic (exact) mass is 327 g/mol. The fourth-order valence-electron chi connectivity index (χ4n) is 1.87. The maximum atomic E-state index is 11.9. The van der Waals surface area contributed by atoms with Gasteiger partial charge in [0, 0.05) is 0 Å². The van der Waals surface area contributed by atoms with E-state index in [1.807, 2.05) is 0 Å². The van der Waals surface area contributed by atoms with Crippen molar-refractivity contribution in [2.75, 3.05) is 6.54 Å². The molecule has 1 rings (SSSR count). The Morgan fingerprint density at radius 2 is 1.70 bits per heavy atom. The number of carbonyl (C=O) groups is 3. The van der Waals surface area contributed by atoms with Gasteiger partial charge in [-0.05, 0) is 30.7 Å². The number of carboxylic acids is 2. The van der Waals surface area contributed by atoms with Crippen LogP contribution < -0.4 is 10.5 Å². The molecule has 0 aliphatic carbocycles. The summed E-state index contributed by atoms with van der Waals surface area (Å²) in [5.41, 5.74) is 3.29. The molecule has 0 spiro atoms. The van der Waals surface area contributed by atoms with Gasteiger partial charge in [0.15, 0.2) is 17.1 Å². The first-order valence-electron chi connectivity index (χ1n) is 6.58. The Balaban J connectivity index is 2.98. The van der Waals surface area contributed by atoms with Crippen LogP contribution in [-0.4, -0.2) is 50.5 Å². The molecule has 0 unspecified atom stereocenters. The largest absolute Gasteiger partial charge is 0.504 e. The number of phenols is 1. The molecule has 0 aliphatic rings. The average molecular weight is 327 g/mol. The van der Waals surface area contributed by atoms with Gasteiger partial charge < -0.3 is 30.9 Å². The van der Waals surface area contributed by atoms with Crippen LogP contribution in [0.5, 0.6) is 11.5 Å². The van der Waals surface area contributed by atoms with E-state index >= 15 is 0 Å². The summed E-state index contributed by atoms with van der Waals surface area (Å²) in [5, 5.41) is 37.2. The van der Waals surface area contributed by atoms with E-state index in [1.54, 1.807) is 0 Å². The Hall–Kier alpha value is -2.65. The van der Waals surface area contributed by atoms with Crippen LogP contribution in [0.4, 0.5) is 0 Å². The third-order valence-corrected chi connectivity index (χ3v) is 2.93. The summed E-state index contributed by atoms with van der Waals surface area (Å²) in [5.74, 6) is -5.38. The van der Waals surface area contributed by atoms with Crippen LogP contribution in [0.15, 0.2) is 18.2 Å². The molecule has 9 nitrogen and oxygen atoms in total. The average Bonchev–Trinajstić information content (AvgIpc) is 2.40. The molecular formula is C14H17NO8. The second kappa shape index (κ2) is 7.56. The lowest BCUT2D eigenvalue weighted by molar-refractivity contribution is -0.168. The standard InChI is InChI=1S/C14H17NO8/c15-4-3-8-1-2-10(9(16)5-8)23-13(21)14(22,6-11(17)18)7-12(19)20/h1-2,5,16,22H,3-4,6-7,15H2,(H,17,18)(H,19,20). The molecule has 0 aliphatic heterocycles. The third kappa shape index (κ3) is 5.24. The van der Waals surface area contributed by atoms with E-state index in [1.165, 1.54) is 18.2 Å². The van der Waals surface area contributed by atoms with Gasteiger partial charge in [0.05, 0.1) is 12.8 Å².